The van der Waals surface area contributed by atoms with Gasteiger partial charge in [-0.1, -0.05) is 49.0 Å². The Kier molecular flexibility index (Phi) is 3.06. The van der Waals surface area contributed by atoms with Crippen molar-refractivity contribution in [1.29, 1.82) is 0 Å². The molecule has 1 nitrogen and oxygen atoms in total. The van der Waals surface area contributed by atoms with Crippen LogP contribution in [0.1, 0.15) is 6.92 Å². The highest BCUT2D eigenvalue weighted by atomic mass is 14.9. The van der Waals surface area contributed by atoms with Crippen LogP contribution in [0, 0.1) is 0 Å². The van der Waals surface area contributed by atoms with E-state index in [1.54, 1.807) is 0 Å². The third-order valence-electron chi connectivity index (χ3n) is 2.33. The molecule has 0 aliphatic rings. The van der Waals surface area contributed by atoms with Crippen molar-refractivity contribution < 1.29 is 0 Å². The molecule has 80 valence electrons. The molecule has 0 saturated carbocycles. The summed E-state index contributed by atoms with van der Waals surface area (Å²) in [7, 11) is 0. The Labute approximate surface area is 96.4 Å². The molecule has 0 fully saturated rings. The van der Waals surface area contributed by atoms with E-state index >= 15 is 0 Å². The number of anilines is 1. The summed E-state index contributed by atoms with van der Waals surface area (Å²) >= 11 is 0. The number of hydrogen-bond donors (Lipinski definition) is 1. The van der Waals surface area contributed by atoms with Gasteiger partial charge >= 0.3 is 0 Å². The molecule has 0 radical (unpaired) electrons. The minimum Gasteiger partial charge on any atom is -0.360 e. The van der Waals surface area contributed by atoms with Gasteiger partial charge in [-0.05, 0) is 30.2 Å². The van der Waals surface area contributed by atoms with Crippen molar-refractivity contribution >= 4 is 5.69 Å². The van der Waals surface area contributed by atoms with E-state index in [1.165, 1.54) is 11.1 Å². The van der Waals surface area contributed by atoms with Crippen molar-refractivity contribution in [3.8, 4) is 11.1 Å². The van der Waals surface area contributed by atoms with Gasteiger partial charge in [0.15, 0.2) is 0 Å². The second kappa shape index (κ2) is 4.67. The van der Waals surface area contributed by atoms with E-state index in [9.17, 15) is 0 Å². The monoisotopic (exact) mass is 209 g/mol. The number of allylic oxidation sites excluding steroid dienone is 1. The maximum absolute atomic E-state index is 3.84. The van der Waals surface area contributed by atoms with Crippen LogP contribution in [-0.2, 0) is 0 Å². The summed E-state index contributed by atoms with van der Waals surface area (Å²) in [5.74, 6) is 0. The van der Waals surface area contributed by atoms with Crippen LogP contribution in [0.3, 0.4) is 0 Å². The van der Waals surface area contributed by atoms with Gasteiger partial charge in [-0.25, -0.2) is 0 Å². The molecule has 0 unspecified atom stereocenters. The average molecular weight is 209 g/mol. The zero-order valence-electron chi connectivity index (χ0n) is 9.40. The fourth-order valence-corrected chi connectivity index (χ4v) is 1.65. The van der Waals surface area contributed by atoms with Gasteiger partial charge in [0.05, 0.1) is 0 Å². The summed E-state index contributed by atoms with van der Waals surface area (Å²) in [4.78, 5) is 0. The Bertz CT molecular complexity index is 486. The normalized spacial score (nSPS) is 9.81. The minimum absolute atomic E-state index is 0.949. The molecule has 2 aromatic carbocycles. The first-order valence-electron chi connectivity index (χ1n) is 5.34. The smallest absolute Gasteiger partial charge is 0.0387 e. The van der Waals surface area contributed by atoms with Crippen LogP contribution in [-0.4, -0.2) is 0 Å². The lowest BCUT2D eigenvalue weighted by atomic mass is 10.1. The predicted octanol–water partition coefficient (Wildman–Crippen LogP) is 4.30. The van der Waals surface area contributed by atoms with E-state index < -0.39 is 0 Å². The van der Waals surface area contributed by atoms with E-state index in [-0.39, 0.29) is 0 Å². The lowest BCUT2D eigenvalue weighted by molar-refractivity contribution is 1.40. The highest BCUT2D eigenvalue weighted by Gasteiger charge is 1.97. The zero-order valence-corrected chi connectivity index (χ0v) is 9.40. The van der Waals surface area contributed by atoms with Gasteiger partial charge in [-0.15, -0.1) is 0 Å². The fourth-order valence-electron chi connectivity index (χ4n) is 1.65. The van der Waals surface area contributed by atoms with E-state index in [4.69, 9.17) is 0 Å². The molecule has 2 rings (SSSR count). The molecule has 0 spiro atoms. The Balaban J connectivity index is 2.33. The Morgan fingerprint density at radius 2 is 1.62 bits per heavy atom. The first-order chi connectivity index (χ1) is 7.75. The molecule has 0 aliphatic carbocycles. The zero-order chi connectivity index (χ0) is 11.4. The standard InChI is InChI=1S/C15H15N/c1-12(2)16-15-10-6-9-14(11-15)13-7-4-3-5-8-13/h3-11,16H,1H2,2H3. The van der Waals surface area contributed by atoms with Crippen LogP contribution in [0.5, 0.6) is 0 Å². The highest BCUT2D eigenvalue weighted by Crippen LogP contribution is 2.22. The number of hydrogen-bond acceptors (Lipinski definition) is 1. The maximum Gasteiger partial charge on any atom is 0.0387 e. The lowest BCUT2D eigenvalue weighted by Gasteiger charge is -2.07. The van der Waals surface area contributed by atoms with Gasteiger partial charge in [0.2, 0.25) is 0 Å². The molecule has 16 heavy (non-hydrogen) atoms. The summed E-state index contributed by atoms with van der Waals surface area (Å²) < 4.78 is 0. The molecule has 0 bridgehead atoms. The minimum atomic E-state index is 0.949. The largest absolute Gasteiger partial charge is 0.360 e. The molecule has 0 heterocycles. The lowest BCUT2D eigenvalue weighted by Crippen LogP contribution is -1.93. The van der Waals surface area contributed by atoms with Crippen molar-refractivity contribution in [3.63, 3.8) is 0 Å². The molecular formula is C15H15N. The van der Waals surface area contributed by atoms with Gasteiger partial charge in [-0.2, -0.15) is 0 Å². The van der Waals surface area contributed by atoms with Gasteiger partial charge < -0.3 is 5.32 Å². The molecule has 0 aromatic heterocycles. The van der Waals surface area contributed by atoms with Crippen molar-refractivity contribution in [2.24, 2.45) is 0 Å². The Morgan fingerprint density at radius 1 is 0.938 bits per heavy atom. The molecule has 1 N–H and O–H groups in total. The second-order valence-corrected chi connectivity index (χ2v) is 3.85. The van der Waals surface area contributed by atoms with Crippen LogP contribution >= 0.6 is 0 Å². The molecule has 0 saturated heterocycles. The Morgan fingerprint density at radius 3 is 2.31 bits per heavy atom. The molecule has 0 amide bonds. The topological polar surface area (TPSA) is 12.0 Å². The fraction of sp³-hybridized carbons (Fsp3) is 0.0667. The van der Waals surface area contributed by atoms with Crippen LogP contribution in [0.25, 0.3) is 11.1 Å². The number of nitrogens with one attached hydrogen (secondary N) is 1. The quantitative estimate of drug-likeness (QED) is 0.794. The number of benzene rings is 2. The number of rotatable bonds is 3. The first-order valence-corrected chi connectivity index (χ1v) is 5.34. The van der Waals surface area contributed by atoms with Gasteiger partial charge in [0.25, 0.3) is 0 Å². The highest BCUT2D eigenvalue weighted by molar-refractivity contribution is 5.68. The first kappa shape index (κ1) is 10.5. The van der Waals surface area contributed by atoms with Gasteiger partial charge in [-0.3, -0.25) is 0 Å². The third-order valence-corrected chi connectivity index (χ3v) is 2.33. The van der Waals surface area contributed by atoms with E-state index in [1.807, 2.05) is 37.3 Å². The molecule has 2 aromatic rings. The van der Waals surface area contributed by atoms with E-state index in [0.29, 0.717) is 0 Å². The predicted molar refractivity (Wildman–Crippen MR) is 70.3 cm³/mol. The second-order valence-electron chi connectivity index (χ2n) is 3.85. The third kappa shape index (κ3) is 2.51. The van der Waals surface area contributed by atoms with Crippen molar-refractivity contribution in [2.75, 3.05) is 5.32 Å². The van der Waals surface area contributed by atoms with Crippen molar-refractivity contribution in [3.05, 3.63) is 66.9 Å². The summed E-state index contributed by atoms with van der Waals surface area (Å²) in [6.45, 7) is 5.80. The summed E-state index contributed by atoms with van der Waals surface area (Å²) in [6, 6.07) is 18.7. The SMILES string of the molecule is C=C(C)Nc1cccc(-c2ccccc2)c1. The van der Waals surface area contributed by atoms with E-state index in [2.05, 4.69) is 36.2 Å². The molecule has 1 heteroatoms. The summed E-state index contributed by atoms with van der Waals surface area (Å²) in [5, 5.41) is 3.22. The van der Waals surface area contributed by atoms with Crippen LogP contribution in [0.15, 0.2) is 66.9 Å². The van der Waals surface area contributed by atoms with Gasteiger partial charge in [0, 0.05) is 11.4 Å². The van der Waals surface area contributed by atoms with Crippen molar-refractivity contribution in [1.82, 2.24) is 0 Å². The molecular weight excluding hydrogens is 194 g/mol. The molecule has 0 aliphatic heterocycles. The average Bonchev–Trinajstić information content (AvgIpc) is 2.30. The summed E-state index contributed by atoms with van der Waals surface area (Å²) in [6.07, 6.45) is 0. The Hall–Kier alpha value is -2.02. The summed E-state index contributed by atoms with van der Waals surface area (Å²) in [5.41, 5.74) is 4.47. The molecule has 0 atom stereocenters. The maximum atomic E-state index is 3.84. The van der Waals surface area contributed by atoms with E-state index in [0.717, 1.165) is 11.4 Å². The van der Waals surface area contributed by atoms with Crippen molar-refractivity contribution in [2.45, 2.75) is 6.92 Å². The van der Waals surface area contributed by atoms with Crippen LogP contribution in [0.2, 0.25) is 0 Å². The van der Waals surface area contributed by atoms with Crippen LogP contribution in [0.4, 0.5) is 5.69 Å². The van der Waals surface area contributed by atoms with Gasteiger partial charge in [0.1, 0.15) is 0 Å². The van der Waals surface area contributed by atoms with Crippen LogP contribution < -0.4 is 5.32 Å².